The normalized spacial score (nSPS) is 12.5. The maximum absolute atomic E-state index is 12.0. The van der Waals surface area contributed by atoms with Crippen LogP contribution in [0.5, 0.6) is 0 Å². The summed E-state index contributed by atoms with van der Waals surface area (Å²) in [5.74, 6) is 0. The molecule has 0 heterocycles. The Kier molecular flexibility index (Phi) is 4.67. The molecule has 0 unspecified atom stereocenters. The van der Waals surface area contributed by atoms with Gasteiger partial charge in [-0.25, -0.2) is 4.79 Å². The van der Waals surface area contributed by atoms with Crippen LogP contribution >= 0.6 is 0 Å². The van der Waals surface area contributed by atoms with Gasteiger partial charge in [-0.1, -0.05) is 42.5 Å². The predicted octanol–water partition coefficient (Wildman–Crippen LogP) is 4.32. The molecular weight excluding hydrogens is 276 g/mol. The first-order chi connectivity index (χ1) is 10.4. The van der Waals surface area contributed by atoms with Crippen LogP contribution in [0.1, 0.15) is 38.8 Å². The second-order valence-corrected chi connectivity index (χ2v) is 6.13. The van der Waals surface area contributed by atoms with Gasteiger partial charge in [0.05, 0.1) is 18.5 Å². The van der Waals surface area contributed by atoms with E-state index in [2.05, 4.69) is 11.4 Å². The summed E-state index contributed by atoms with van der Waals surface area (Å²) < 4.78 is 5.29. The highest BCUT2D eigenvalue weighted by Gasteiger charge is 2.21. The fraction of sp³-hybridized carbons (Fsp3) is 0.333. The van der Waals surface area contributed by atoms with Crippen LogP contribution in [-0.4, -0.2) is 11.7 Å². The topological polar surface area (TPSA) is 62.1 Å². The molecule has 22 heavy (non-hydrogen) atoms. The highest BCUT2D eigenvalue weighted by Crippen LogP contribution is 2.26. The van der Waals surface area contributed by atoms with E-state index in [0.29, 0.717) is 0 Å². The summed E-state index contributed by atoms with van der Waals surface area (Å²) in [4.78, 5) is 12.0. The third kappa shape index (κ3) is 3.98. The first kappa shape index (κ1) is 15.8. The van der Waals surface area contributed by atoms with Crippen molar-refractivity contribution in [2.75, 3.05) is 0 Å². The zero-order chi connectivity index (χ0) is 16.2. The van der Waals surface area contributed by atoms with Crippen molar-refractivity contribution < 1.29 is 9.53 Å². The number of carbonyl (C=O) groups excluding carboxylic acids is 1. The van der Waals surface area contributed by atoms with Gasteiger partial charge in [0.1, 0.15) is 5.60 Å². The summed E-state index contributed by atoms with van der Waals surface area (Å²) in [6, 6.07) is 15.5. The zero-order valence-electron chi connectivity index (χ0n) is 13.1. The Morgan fingerprint density at radius 3 is 2.59 bits per heavy atom. The maximum Gasteiger partial charge on any atom is 0.408 e. The van der Waals surface area contributed by atoms with Crippen LogP contribution in [0.2, 0.25) is 0 Å². The Morgan fingerprint density at radius 1 is 1.23 bits per heavy atom. The van der Waals surface area contributed by atoms with E-state index in [0.717, 1.165) is 16.3 Å². The molecule has 0 aliphatic carbocycles. The summed E-state index contributed by atoms with van der Waals surface area (Å²) in [5.41, 5.74) is 0.352. The van der Waals surface area contributed by atoms with Gasteiger partial charge in [-0.2, -0.15) is 5.26 Å². The minimum Gasteiger partial charge on any atom is -0.444 e. The molecular formula is C18H20N2O2. The lowest BCUT2D eigenvalue weighted by atomic mass is 9.97. The van der Waals surface area contributed by atoms with Gasteiger partial charge in [0.15, 0.2) is 0 Å². The molecule has 2 rings (SSSR count). The number of carbonyl (C=O) groups is 1. The lowest BCUT2D eigenvalue weighted by Crippen LogP contribution is -2.35. The first-order valence-corrected chi connectivity index (χ1v) is 7.25. The molecule has 114 valence electrons. The highest BCUT2D eigenvalue weighted by molar-refractivity contribution is 5.86. The van der Waals surface area contributed by atoms with Gasteiger partial charge in [-0.05, 0) is 37.1 Å². The number of nitriles is 1. The van der Waals surface area contributed by atoms with E-state index in [-0.39, 0.29) is 6.42 Å². The van der Waals surface area contributed by atoms with Gasteiger partial charge in [-0.15, -0.1) is 0 Å². The predicted molar refractivity (Wildman–Crippen MR) is 86.3 cm³/mol. The second-order valence-electron chi connectivity index (χ2n) is 6.13. The molecule has 0 bridgehead atoms. The number of nitrogens with one attached hydrogen (secondary N) is 1. The van der Waals surface area contributed by atoms with Gasteiger partial charge in [0.2, 0.25) is 0 Å². The third-order valence-corrected chi connectivity index (χ3v) is 3.19. The molecule has 0 aromatic heterocycles. The van der Waals surface area contributed by atoms with Crippen molar-refractivity contribution in [3.05, 3.63) is 48.0 Å². The van der Waals surface area contributed by atoms with E-state index in [1.54, 1.807) is 0 Å². The molecule has 1 atom stereocenters. The van der Waals surface area contributed by atoms with Crippen molar-refractivity contribution in [3.8, 4) is 6.07 Å². The van der Waals surface area contributed by atoms with Crippen LogP contribution in [0, 0.1) is 11.3 Å². The van der Waals surface area contributed by atoms with Gasteiger partial charge in [0.25, 0.3) is 0 Å². The molecule has 4 heteroatoms. The van der Waals surface area contributed by atoms with E-state index in [1.807, 2.05) is 63.2 Å². The number of nitrogens with zero attached hydrogens (tertiary/aromatic N) is 1. The Morgan fingerprint density at radius 2 is 1.91 bits per heavy atom. The van der Waals surface area contributed by atoms with Crippen LogP contribution in [-0.2, 0) is 4.74 Å². The molecule has 1 N–H and O–H groups in total. The number of ether oxygens (including phenoxy) is 1. The fourth-order valence-electron chi connectivity index (χ4n) is 2.33. The van der Waals surface area contributed by atoms with Crippen molar-refractivity contribution in [1.29, 1.82) is 5.26 Å². The van der Waals surface area contributed by atoms with Crippen LogP contribution < -0.4 is 5.32 Å². The summed E-state index contributed by atoms with van der Waals surface area (Å²) in [5, 5.41) is 14.0. The zero-order valence-corrected chi connectivity index (χ0v) is 13.1. The summed E-state index contributed by atoms with van der Waals surface area (Å²) in [7, 11) is 0. The fourth-order valence-corrected chi connectivity index (χ4v) is 2.33. The molecule has 2 aromatic carbocycles. The van der Waals surface area contributed by atoms with Crippen molar-refractivity contribution in [2.24, 2.45) is 0 Å². The number of fused-ring (bicyclic) bond motifs is 1. The number of hydrogen-bond donors (Lipinski definition) is 1. The number of amides is 1. The molecule has 0 saturated carbocycles. The minimum absolute atomic E-state index is 0.188. The van der Waals surface area contributed by atoms with E-state index in [4.69, 9.17) is 10.00 Å². The van der Waals surface area contributed by atoms with Crippen molar-refractivity contribution in [1.82, 2.24) is 5.32 Å². The quantitative estimate of drug-likeness (QED) is 0.917. The van der Waals surface area contributed by atoms with E-state index in [1.165, 1.54) is 0 Å². The van der Waals surface area contributed by atoms with Gasteiger partial charge in [-0.3, -0.25) is 0 Å². The van der Waals surface area contributed by atoms with Gasteiger partial charge < -0.3 is 10.1 Å². The van der Waals surface area contributed by atoms with Crippen LogP contribution in [0.3, 0.4) is 0 Å². The monoisotopic (exact) mass is 296 g/mol. The summed E-state index contributed by atoms with van der Waals surface area (Å²) in [6.07, 6.45) is -0.326. The van der Waals surface area contributed by atoms with Crippen molar-refractivity contribution in [2.45, 2.75) is 38.8 Å². The molecule has 0 aliphatic rings. The molecule has 4 nitrogen and oxygen atoms in total. The minimum atomic E-state index is -0.569. The summed E-state index contributed by atoms with van der Waals surface area (Å²) >= 11 is 0. The SMILES string of the molecule is CC(C)(C)OC(=O)N[C@H](CC#N)c1cccc2ccccc12. The third-order valence-electron chi connectivity index (χ3n) is 3.19. The van der Waals surface area contributed by atoms with E-state index >= 15 is 0 Å². The summed E-state index contributed by atoms with van der Waals surface area (Å²) in [6.45, 7) is 5.43. The van der Waals surface area contributed by atoms with E-state index in [9.17, 15) is 4.79 Å². The molecule has 0 aliphatic heterocycles. The molecule has 0 radical (unpaired) electrons. The maximum atomic E-state index is 12.0. The molecule has 1 amide bonds. The van der Waals surface area contributed by atoms with Crippen molar-refractivity contribution in [3.63, 3.8) is 0 Å². The Labute approximate surface area is 130 Å². The molecule has 0 spiro atoms. The van der Waals surface area contributed by atoms with Gasteiger partial charge in [0, 0.05) is 0 Å². The number of alkyl carbamates (subject to hydrolysis) is 1. The largest absolute Gasteiger partial charge is 0.444 e. The average Bonchev–Trinajstić information content (AvgIpc) is 2.44. The molecule has 0 saturated heterocycles. The smallest absolute Gasteiger partial charge is 0.408 e. The van der Waals surface area contributed by atoms with Gasteiger partial charge >= 0.3 is 6.09 Å². The number of hydrogen-bond acceptors (Lipinski definition) is 3. The Hall–Kier alpha value is -2.54. The lowest BCUT2D eigenvalue weighted by molar-refractivity contribution is 0.0505. The van der Waals surface area contributed by atoms with Crippen LogP contribution in [0.15, 0.2) is 42.5 Å². The number of rotatable bonds is 3. The second kappa shape index (κ2) is 6.48. The van der Waals surface area contributed by atoms with Crippen LogP contribution in [0.4, 0.5) is 4.79 Å². The highest BCUT2D eigenvalue weighted by atomic mass is 16.6. The molecule has 0 fully saturated rings. The Balaban J connectivity index is 2.31. The van der Waals surface area contributed by atoms with E-state index < -0.39 is 17.7 Å². The average molecular weight is 296 g/mol. The first-order valence-electron chi connectivity index (χ1n) is 7.25. The molecule has 2 aromatic rings. The lowest BCUT2D eigenvalue weighted by Gasteiger charge is -2.23. The van der Waals surface area contributed by atoms with Crippen molar-refractivity contribution >= 4 is 16.9 Å². The standard InChI is InChI=1S/C18H20N2O2/c1-18(2,3)22-17(21)20-16(11-12-19)15-10-6-8-13-7-4-5-9-14(13)15/h4-10,16H,11H2,1-3H3,(H,20,21)/t16-/m1/s1. The van der Waals surface area contributed by atoms with Crippen LogP contribution in [0.25, 0.3) is 10.8 Å². The Bertz CT molecular complexity index is 706. The number of benzene rings is 2.